The molecule has 0 bridgehead atoms. The summed E-state index contributed by atoms with van der Waals surface area (Å²) in [6, 6.07) is 1.60. The van der Waals surface area contributed by atoms with Crippen LogP contribution in [0, 0.1) is 5.92 Å². The van der Waals surface area contributed by atoms with E-state index < -0.39 is 0 Å². The Morgan fingerprint density at radius 3 is 2.95 bits per heavy atom. The maximum absolute atomic E-state index is 11.9. The van der Waals surface area contributed by atoms with Crippen LogP contribution in [0.15, 0.2) is 18.5 Å². The van der Waals surface area contributed by atoms with E-state index in [0.717, 1.165) is 26.1 Å². The second kappa shape index (κ2) is 10.0. The molecule has 1 aliphatic heterocycles. The van der Waals surface area contributed by atoms with Crippen molar-refractivity contribution in [3.63, 3.8) is 0 Å². The number of aromatic nitrogens is 2. The first kappa shape index (κ1) is 19.2. The van der Waals surface area contributed by atoms with E-state index in [1.807, 2.05) is 19.2 Å². The van der Waals surface area contributed by atoms with Crippen LogP contribution in [0.1, 0.15) is 32.2 Å². The third-order valence-corrected chi connectivity index (χ3v) is 3.55. The molecule has 1 saturated heterocycles. The number of nitrogens with zero attached hydrogens (tertiary/aromatic N) is 2. The van der Waals surface area contributed by atoms with E-state index in [0.29, 0.717) is 5.92 Å². The molecule has 2 rings (SSSR count). The Labute approximate surface area is 132 Å². The number of carbonyl (C=O) groups excluding carboxylic acids is 1. The highest BCUT2D eigenvalue weighted by Crippen LogP contribution is 2.13. The molecule has 7 heteroatoms. The van der Waals surface area contributed by atoms with Gasteiger partial charge in [0.25, 0.3) is 0 Å². The van der Waals surface area contributed by atoms with E-state index in [1.165, 1.54) is 12.8 Å². The molecule has 0 saturated carbocycles. The van der Waals surface area contributed by atoms with Crippen molar-refractivity contribution < 1.29 is 4.79 Å². The molecule has 1 aromatic rings. The number of halogens is 2. The Kier molecular flexibility index (Phi) is 9.63. The van der Waals surface area contributed by atoms with Crippen molar-refractivity contribution in [2.24, 2.45) is 5.92 Å². The lowest BCUT2D eigenvalue weighted by atomic mass is 9.96. The van der Waals surface area contributed by atoms with Gasteiger partial charge in [-0.1, -0.05) is 0 Å². The highest BCUT2D eigenvalue weighted by Gasteiger charge is 2.16. The van der Waals surface area contributed by atoms with Gasteiger partial charge in [0.15, 0.2) is 0 Å². The zero-order chi connectivity index (χ0) is 12.8. The molecule has 0 spiro atoms. The Hall–Kier alpha value is -0.780. The fourth-order valence-electron chi connectivity index (χ4n) is 2.35. The first-order chi connectivity index (χ1) is 8.77. The van der Waals surface area contributed by atoms with Crippen molar-refractivity contribution in [1.82, 2.24) is 20.4 Å². The zero-order valence-corrected chi connectivity index (χ0v) is 13.4. The van der Waals surface area contributed by atoms with Crippen molar-refractivity contribution in [3.05, 3.63) is 18.5 Å². The molecule has 1 amide bonds. The van der Waals surface area contributed by atoms with E-state index >= 15 is 0 Å². The molecule has 1 aliphatic rings. The minimum atomic E-state index is -0.232. The maximum atomic E-state index is 11.9. The van der Waals surface area contributed by atoms with Crippen molar-refractivity contribution in [1.29, 1.82) is 0 Å². The summed E-state index contributed by atoms with van der Waals surface area (Å²) in [5.41, 5.74) is 0. The van der Waals surface area contributed by atoms with Gasteiger partial charge in [-0.05, 0) is 51.3 Å². The number of hydrogen-bond donors (Lipinski definition) is 2. The zero-order valence-electron chi connectivity index (χ0n) is 11.7. The van der Waals surface area contributed by atoms with Gasteiger partial charge in [-0.3, -0.25) is 9.48 Å². The first-order valence-electron chi connectivity index (χ1n) is 6.75. The van der Waals surface area contributed by atoms with E-state index in [1.54, 1.807) is 10.9 Å². The minimum absolute atomic E-state index is 0. The number of hydrogen-bond acceptors (Lipinski definition) is 3. The Bertz CT molecular complexity index is 366. The van der Waals surface area contributed by atoms with Crippen LogP contribution < -0.4 is 10.6 Å². The van der Waals surface area contributed by atoms with E-state index in [2.05, 4.69) is 15.7 Å². The summed E-state index contributed by atoms with van der Waals surface area (Å²) < 4.78 is 1.68. The van der Waals surface area contributed by atoms with Crippen molar-refractivity contribution in [3.8, 4) is 0 Å². The quantitative estimate of drug-likeness (QED) is 0.869. The lowest BCUT2D eigenvalue weighted by molar-refractivity contribution is -0.124. The molecular formula is C13H24Cl2N4O. The number of nitrogens with one attached hydrogen (secondary N) is 2. The van der Waals surface area contributed by atoms with Gasteiger partial charge in [-0.25, -0.2) is 0 Å². The molecule has 1 aromatic heterocycles. The minimum Gasteiger partial charge on any atom is -0.354 e. The summed E-state index contributed by atoms with van der Waals surface area (Å²) in [4.78, 5) is 11.9. The number of piperidine rings is 1. The van der Waals surface area contributed by atoms with Crippen molar-refractivity contribution >= 4 is 30.7 Å². The molecular weight excluding hydrogens is 299 g/mol. The van der Waals surface area contributed by atoms with Crippen molar-refractivity contribution in [2.75, 3.05) is 19.6 Å². The highest BCUT2D eigenvalue weighted by molar-refractivity contribution is 5.85. The third-order valence-electron chi connectivity index (χ3n) is 3.55. The Balaban J connectivity index is 0.00000180. The van der Waals surface area contributed by atoms with Crippen molar-refractivity contribution in [2.45, 2.75) is 32.2 Å². The van der Waals surface area contributed by atoms with Gasteiger partial charge in [0.1, 0.15) is 6.04 Å². The number of carbonyl (C=O) groups is 1. The predicted molar refractivity (Wildman–Crippen MR) is 84.7 cm³/mol. The van der Waals surface area contributed by atoms with Gasteiger partial charge in [-0.2, -0.15) is 5.10 Å². The van der Waals surface area contributed by atoms with Crippen LogP contribution in [-0.2, 0) is 4.79 Å². The average Bonchev–Trinajstić information content (AvgIpc) is 2.93. The molecule has 2 N–H and O–H groups in total. The SMILES string of the molecule is CC(C(=O)NCCC1CCCNC1)n1cccn1.Cl.Cl. The summed E-state index contributed by atoms with van der Waals surface area (Å²) >= 11 is 0. The number of rotatable bonds is 5. The number of amides is 1. The van der Waals surface area contributed by atoms with Crippen LogP contribution in [0.3, 0.4) is 0 Å². The summed E-state index contributed by atoms with van der Waals surface area (Å²) in [5.74, 6) is 0.751. The fourth-order valence-corrected chi connectivity index (χ4v) is 2.35. The monoisotopic (exact) mass is 322 g/mol. The lowest BCUT2D eigenvalue weighted by Gasteiger charge is -2.23. The van der Waals surface area contributed by atoms with Crippen LogP contribution in [0.2, 0.25) is 0 Å². The van der Waals surface area contributed by atoms with E-state index in [4.69, 9.17) is 0 Å². The van der Waals surface area contributed by atoms with Gasteiger partial charge in [0, 0.05) is 18.9 Å². The molecule has 0 radical (unpaired) electrons. The molecule has 0 aromatic carbocycles. The van der Waals surface area contributed by atoms with Gasteiger partial charge >= 0.3 is 0 Å². The van der Waals surface area contributed by atoms with Crippen LogP contribution >= 0.6 is 24.8 Å². The fraction of sp³-hybridized carbons (Fsp3) is 0.692. The molecule has 2 unspecified atom stereocenters. The summed E-state index contributed by atoms with van der Waals surface area (Å²) in [6.07, 6.45) is 7.09. The summed E-state index contributed by atoms with van der Waals surface area (Å²) in [6.45, 7) is 4.85. The molecule has 5 nitrogen and oxygen atoms in total. The Morgan fingerprint density at radius 1 is 1.55 bits per heavy atom. The molecule has 2 atom stereocenters. The lowest BCUT2D eigenvalue weighted by Crippen LogP contribution is -2.35. The van der Waals surface area contributed by atoms with Gasteiger partial charge < -0.3 is 10.6 Å². The van der Waals surface area contributed by atoms with E-state index in [-0.39, 0.29) is 36.8 Å². The van der Waals surface area contributed by atoms with Crippen LogP contribution in [0.5, 0.6) is 0 Å². The molecule has 2 heterocycles. The highest BCUT2D eigenvalue weighted by atomic mass is 35.5. The van der Waals surface area contributed by atoms with Crippen LogP contribution in [0.25, 0.3) is 0 Å². The van der Waals surface area contributed by atoms with Gasteiger partial charge in [0.2, 0.25) is 5.91 Å². The normalized spacial score (nSPS) is 19.4. The smallest absolute Gasteiger partial charge is 0.244 e. The second-order valence-corrected chi connectivity index (χ2v) is 4.95. The van der Waals surface area contributed by atoms with Crippen LogP contribution in [0.4, 0.5) is 0 Å². The second-order valence-electron chi connectivity index (χ2n) is 4.95. The summed E-state index contributed by atoms with van der Waals surface area (Å²) in [5, 5.41) is 10.5. The third kappa shape index (κ3) is 5.69. The topological polar surface area (TPSA) is 59.0 Å². The largest absolute Gasteiger partial charge is 0.354 e. The molecule has 116 valence electrons. The van der Waals surface area contributed by atoms with Crippen LogP contribution in [-0.4, -0.2) is 35.3 Å². The van der Waals surface area contributed by atoms with Gasteiger partial charge in [0.05, 0.1) is 0 Å². The van der Waals surface area contributed by atoms with Gasteiger partial charge in [-0.15, -0.1) is 24.8 Å². The predicted octanol–water partition coefficient (Wildman–Crippen LogP) is 1.79. The molecule has 1 fully saturated rings. The molecule has 20 heavy (non-hydrogen) atoms. The average molecular weight is 323 g/mol. The van der Waals surface area contributed by atoms with E-state index in [9.17, 15) is 4.79 Å². The Morgan fingerprint density at radius 2 is 2.35 bits per heavy atom. The standard InChI is InChI=1S/C13H22N4O.2ClH/c1-11(17-9-3-7-16-17)13(18)15-8-5-12-4-2-6-14-10-12;;/h3,7,9,11-12,14H,2,4-6,8,10H2,1H3,(H,15,18);2*1H. The summed E-state index contributed by atoms with van der Waals surface area (Å²) in [7, 11) is 0. The first-order valence-corrected chi connectivity index (χ1v) is 6.75. The maximum Gasteiger partial charge on any atom is 0.244 e. The molecule has 0 aliphatic carbocycles.